The molecule has 0 aliphatic carbocycles. The van der Waals surface area contributed by atoms with Crippen molar-refractivity contribution in [3.63, 3.8) is 0 Å². The van der Waals surface area contributed by atoms with Crippen LogP contribution in [0, 0.1) is 0 Å². The fourth-order valence-electron chi connectivity index (χ4n) is 2.58. The molecule has 6 heteroatoms. The van der Waals surface area contributed by atoms with Crippen LogP contribution in [0.1, 0.15) is 11.1 Å². The summed E-state index contributed by atoms with van der Waals surface area (Å²) >= 11 is 0. The van der Waals surface area contributed by atoms with E-state index in [0.717, 1.165) is 17.4 Å². The number of aliphatic imine (C=N–C) groups is 1. The molecule has 0 saturated heterocycles. The molecule has 1 amide bonds. The van der Waals surface area contributed by atoms with Gasteiger partial charge in [0.2, 0.25) is 5.91 Å². The molecule has 0 atom stereocenters. The number of fused-ring (bicyclic) bond motifs is 1. The normalized spacial score (nSPS) is 14.9. The third kappa shape index (κ3) is 3.32. The van der Waals surface area contributed by atoms with E-state index in [2.05, 4.69) is 4.99 Å². The summed E-state index contributed by atoms with van der Waals surface area (Å²) in [7, 11) is -3.34. The highest BCUT2D eigenvalue weighted by Crippen LogP contribution is 2.27. The maximum atomic E-state index is 12.4. The average molecular weight is 328 g/mol. The number of nitrogens with zero attached hydrogens (tertiary/aromatic N) is 2. The van der Waals surface area contributed by atoms with Gasteiger partial charge < -0.3 is 0 Å². The number of benzene rings is 2. The second kappa shape index (κ2) is 5.96. The lowest BCUT2D eigenvalue weighted by Crippen LogP contribution is -2.36. The highest BCUT2D eigenvalue weighted by Gasteiger charge is 2.27. The number of hydrogen-bond donors (Lipinski definition) is 0. The van der Waals surface area contributed by atoms with Crippen LogP contribution in [-0.2, 0) is 14.6 Å². The molecule has 1 aliphatic rings. The van der Waals surface area contributed by atoms with Gasteiger partial charge in [0.1, 0.15) is 12.4 Å². The Morgan fingerprint density at radius 1 is 1.04 bits per heavy atom. The Balaban J connectivity index is 2.15. The number of anilines is 1. The van der Waals surface area contributed by atoms with Crippen molar-refractivity contribution in [3.05, 3.63) is 65.7 Å². The fraction of sp³-hybridized carbons (Fsp3) is 0.176. The van der Waals surface area contributed by atoms with Crippen molar-refractivity contribution in [2.45, 2.75) is 0 Å². The molecule has 23 heavy (non-hydrogen) atoms. The quantitative estimate of drug-likeness (QED) is 0.864. The predicted octanol–water partition coefficient (Wildman–Crippen LogP) is 1.87. The highest BCUT2D eigenvalue weighted by atomic mass is 32.2. The van der Waals surface area contributed by atoms with E-state index in [1.807, 2.05) is 42.5 Å². The largest absolute Gasteiger partial charge is 0.295 e. The maximum Gasteiger partial charge on any atom is 0.249 e. The third-order valence-corrected chi connectivity index (χ3v) is 4.26. The Bertz CT molecular complexity index is 874. The lowest BCUT2D eigenvalue weighted by molar-refractivity contribution is -0.117. The van der Waals surface area contributed by atoms with Gasteiger partial charge in [-0.05, 0) is 6.07 Å². The van der Waals surface area contributed by atoms with E-state index in [9.17, 15) is 13.2 Å². The van der Waals surface area contributed by atoms with Crippen LogP contribution in [0.5, 0.6) is 0 Å². The van der Waals surface area contributed by atoms with E-state index in [0.29, 0.717) is 11.4 Å². The minimum atomic E-state index is -3.34. The summed E-state index contributed by atoms with van der Waals surface area (Å²) in [5.41, 5.74) is 2.93. The maximum absolute atomic E-state index is 12.4. The van der Waals surface area contributed by atoms with Gasteiger partial charge in [-0.1, -0.05) is 48.5 Å². The highest BCUT2D eigenvalue weighted by molar-refractivity contribution is 7.90. The van der Waals surface area contributed by atoms with Crippen molar-refractivity contribution in [1.82, 2.24) is 0 Å². The van der Waals surface area contributed by atoms with E-state index >= 15 is 0 Å². The topological polar surface area (TPSA) is 66.8 Å². The van der Waals surface area contributed by atoms with Crippen molar-refractivity contribution in [1.29, 1.82) is 0 Å². The van der Waals surface area contributed by atoms with Gasteiger partial charge in [0.25, 0.3) is 0 Å². The molecule has 1 aliphatic heterocycles. The molecule has 2 aromatic carbocycles. The van der Waals surface area contributed by atoms with Crippen LogP contribution >= 0.6 is 0 Å². The minimum absolute atomic E-state index is 0.0750. The van der Waals surface area contributed by atoms with Crippen LogP contribution in [0.3, 0.4) is 0 Å². The van der Waals surface area contributed by atoms with Gasteiger partial charge in [-0.2, -0.15) is 0 Å². The molecule has 0 spiro atoms. The van der Waals surface area contributed by atoms with Gasteiger partial charge >= 0.3 is 0 Å². The van der Waals surface area contributed by atoms with Gasteiger partial charge in [0.15, 0.2) is 9.84 Å². The summed E-state index contributed by atoms with van der Waals surface area (Å²) in [6.45, 7) is -0.0750. The lowest BCUT2D eigenvalue weighted by Gasteiger charge is -2.22. The zero-order valence-electron chi connectivity index (χ0n) is 12.6. The molecule has 0 aromatic heterocycles. The predicted molar refractivity (Wildman–Crippen MR) is 90.6 cm³/mol. The van der Waals surface area contributed by atoms with Crippen molar-refractivity contribution in [2.75, 3.05) is 23.6 Å². The molecule has 118 valence electrons. The molecule has 0 bridgehead atoms. The molecule has 3 rings (SSSR count). The number of benzodiazepines with no additional fused rings is 1. The number of para-hydroxylation sites is 1. The second-order valence-corrected chi connectivity index (χ2v) is 7.53. The first kappa shape index (κ1) is 15.4. The molecule has 2 aromatic rings. The summed E-state index contributed by atoms with van der Waals surface area (Å²) in [6.07, 6.45) is 1.12. The molecule has 0 unspecified atom stereocenters. The van der Waals surface area contributed by atoms with Crippen molar-refractivity contribution < 1.29 is 13.2 Å². The molecule has 0 N–H and O–H groups in total. The Morgan fingerprint density at radius 3 is 2.39 bits per heavy atom. The standard InChI is InChI=1S/C17H16N2O3S/c1-23(21,22)12-19-15-10-6-5-9-14(15)17(18-11-16(19)20)13-7-3-2-4-8-13/h2-10H,11-12H2,1H3. The molecular formula is C17H16N2O3S. The molecular weight excluding hydrogens is 312 g/mol. The van der Waals surface area contributed by atoms with Crippen LogP contribution in [0.25, 0.3) is 0 Å². The van der Waals surface area contributed by atoms with Crippen LogP contribution in [0.15, 0.2) is 59.6 Å². The number of hydrogen-bond acceptors (Lipinski definition) is 4. The fourth-order valence-corrected chi connectivity index (χ4v) is 3.33. The van der Waals surface area contributed by atoms with Gasteiger partial charge in [-0.25, -0.2) is 8.42 Å². The summed E-state index contributed by atoms with van der Waals surface area (Å²) in [5.74, 6) is -0.672. The van der Waals surface area contributed by atoms with Gasteiger partial charge in [-0.3, -0.25) is 14.7 Å². The molecule has 1 heterocycles. The van der Waals surface area contributed by atoms with Crippen LogP contribution in [-0.4, -0.2) is 38.7 Å². The number of carbonyl (C=O) groups is 1. The van der Waals surface area contributed by atoms with E-state index < -0.39 is 9.84 Å². The number of sulfone groups is 1. The molecule has 0 fully saturated rings. The van der Waals surface area contributed by atoms with E-state index in [1.54, 1.807) is 12.1 Å². The van der Waals surface area contributed by atoms with E-state index in [1.165, 1.54) is 4.90 Å². The average Bonchev–Trinajstić information content (AvgIpc) is 2.65. The summed E-state index contributed by atoms with van der Waals surface area (Å²) in [6, 6.07) is 16.8. The van der Waals surface area contributed by atoms with Crippen LogP contribution in [0.2, 0.25) is 0 Å². The van der Waals surface area contributed by atoms with Crippen LogP contribution < -0.4 is 4.90 Å². The Kier molecular flexibility index (Phi) is 4.00. The van der Waals surface area contributed by atoms with E-state index in [4.69, 9.17) is 0 Å². The van der Waals surface area contributed by atoms with Crippen molar-refractivity contribution in [2.24, 2.45) is 4.99 Å². The van der Waals surface area contributed by atoms with Gasteiger partial charge in [-0.15, -0.1) is 0 Å². The first-order valence-electron chi connectivity index (χ1n) is 7.13. The zero-order valence-corrected chi connectivity index (χ0v) is 13.5. The summed E-state index contributed by atoms with van der Waals surface area (Å²) in [4.78, 5) is 18.1. The van der Waals surface area contributed by atoms with Gasteiger partial charge in [0, 0.05) is 17.4 Å². The second-order valence-electron chi connectivity index (χ2n) is 5.42. The minimum Gasteiger partial charge on any atom is -0.295 e. The molecule has 0 saturated carbocycles. The monoisotopic (exact) mass is 328 g/mol. The van der Waals surface area contributed by atoms with E-state index in [-0.39, 0.29) is 18.3 Å². The Morgan fingerprint density at radius 2 is 1.70 bits per heavy atom. The first-order valence-corrected chi connectivity index (χ1v) is 9.19. The summed E-state index contributed by atoms with van der Waals surface area (Å²) < 4.78 is 23.4. The molecule has 5 nitrogen and oxygen atoms in total. The SMILES string of the molecule is CS(=O)(=O)CN1C(=O)CN=C(c2ccccc2)c2ccccc21. The Labute approximate surface area is 135 Å². The smallest absolute Gasteiger partial charge is 0.249 e. The zero-order chi connectivity index (χ0) is 16.4. The molecule has 0 radical (unpaired) electrons. The lowest BCUT2D eigenvalue weighted by atomic mass is 10.0. The number of carbonyl (C=O) groups excluding carboxylic acids is 1. The number of amides is 1. The third-order valence-electron chi connectivity index (χ3n) is 3.53. The summed E-state index contributed by atoms with van der Waals surface area (Å²) in [5, 5.41) is 0. The first-order chi connectivity index (χ1) is 11.0. The number of rotatable bonds is 3. The van der Waals surface area contributed by atoms with Crippen molar-refractivity contribution >= 4 is 27.1 Å². The van der Waals surface area contributed by atoms with Crippen LogP contribution in [0.4, 0.5) is 5.69 Å². The Hall–Kier alpha value is -2.47. The van der Waals surface area contributed by atoms with Crippen molar-refractivity contribution in [3.8, 4) is 0 Å². The van der Waals surface area contributed by atoms with Gasteiger partial charge in [0.05, 0.1) is 11.4 Å².